The molecular weight excluding hydrogens is 479 g/mol. The molecule has 0 aliphatic heterocycles. The molecule has 34 heavy (non-hydrogen) atoms. The predicted molar refractivity (Wildman–Crippen MR) is 137 cm³/mol. The molecule has 0 atom stereocenters. The quantitative estimate of drug-likeness (QED) is 0.380. The summed E-state index contributed by atoms with van der Waals surface area (Å²) in [6.45, 7) is 8.80. The molecule has 8 heteroatoms. The first-order valence-electron chi connectivity index (χ1n) is 11.2. The largest absolute Gasteiger partial charge is 0.459 e. The van der Waals surface area contributed by atoms with Crippen molar-refractivity contribution in [3.05, 3.63) is 59.1 Å². The van der Waals surface area contributed by atoms with Crippen LogP contribution in [0.25, 0.3) is 0 Å². The van der Waals surface area contributed by atoms with Gasteiger partial charge in [0.2, 0.25) is 5.85 Å². The van der Waals surface area contributed by atoms with Gasteiger partial charge in [0.15, 0.2) is 9.84 Å². The Morgan fingerprint density at radius 1 is 1.03 bits per heavy atom. The van der Waals surface area contributed by atoms with Crippen LogP contribution in [0, 0.1) is 12.3 Å². The van der Waals surface area contributed by atoms with Crippen LogP contribution in [-0.4, -0.2) is 38.5 Å². The van der Waals surface area contributed by atoms with E-state index in [1.165, 1.54) is 19.9 Å². The Bertz CT molecular complexity index is 948. The Hall–Kier alpha value is -1.96. The van der Waals surface area contributed by atoms with E-state index >= 15 is 0 Å². The molecule has 0 saturated heterocycles. The van der Waals surface area contributed by atoms with Crippen molar-refractivity contribution in [2.24, 2.45) is 5.41 Å². The maximum Gasteiger partial charge on any atom is 0.242 e. The van der Waals surface area contributed by atoms with Crippen LogP contribution in [0.3, 0.4) is 0 Å². The molecule has 0 aliphatic rings. The van der Waals surface area contributed by atoms with E-state index in [9.17, 15) is 17.6 Å². The average Bonchev–Trinajstić information content (AvgIpc) is 2.75. The number of hydrogen-bond donors (Lipinski definition) is 1. The lowest BCUT2D eigenvalue weighted by atomic mass is 9.82. The number of alkyl halides is 1. The summed E-state index contributed by atoms with van der Waals surface area (Å²) in [5.74, 6) is -1.04. The standard InChI is InChI=1S/C10H13FO.C9H18O2.C7H7ClO2S/c1-8-4-6-9(7-5-8)12-10(2,3)11;1-3-5-9(7-10,8-11)6-4-2;1-11(9,10)7-5-3-2-4-6(7)8/h4-7H,1-3H3;7,11H,3-6,8H2,1-2H3;2-5H,1H3. The molecule has 0 fully saturated rings. The molecule has 2 aromatic carbocycles. The van der Waals surface area contributed by atoms with E-state index in [2.05, 4.69) is 0 Å². The number of rotatable bonds is 9. The Morgan fingerprint density at radius 2 is 1.53 bits per heavy atom. The number of aliphatic hydroxyl groups excluding tert-OH is 1. The average molecular weight is 517 g/mol. The number of benzene rings is 2. The molecule has 192 valence electrons. The van der Waals surface area contributed by atoms with Crippen LogP contribution in [-0.2, 0) is 14.6 Å². The molecule has 0 bridgehead atoms. The molecule has 2 rings (SSSR count). The third-order valence-electron chi connectivity index (χ3n) is 4.68. The molecular formula is C26H38ClFO5S. The molecule has 0 aliphatic carbocycles. The van der Waals surface area contributed by atoms with Gasteiger partial charge in [0.25, 0.3) is 0 Å². The number of hydrogen-bond acceptors (Lipinski definition) is 5. The molecule has 0 spiro atoms. The van der Waals surface area contributed by atoms with Crippen LogP contribution >= 0.6 is 11.6 Å². The summed E-state index contributed by atoms with van der Waals surface area (Å²) in [6, 6.07) is 13.7. The fourth-order valence-corrected chi connectivity index (χ4v) is 4.37. The summed E-state index contributed by atoms with van der Waals surface area (Å²) in [4.78, 5) is 10.9. The smallest absolute Gasteiger partial charge is 0.242 e. The summed E-state index contributed by atoms with van der Waals surface area (Å²) in [6.07, 6.45) is 5.58. The highest BCUT2D eigenvalue weighted by Crippen LogP contribution is 2.26. The van der Waals surface area contributed by atoms with Crippen molar-refractivity contribution < 1.29 is 27.4 Å². The lowest BCUT2D eigenvalue weighted by Crippen LogP contribution is -2.26. The van der Waals surface area contributed by atoms with Gasteiger partial charge in [-0.15, -0.1) is 0 Å². The number of aliphatic hydroxyl groups is 1. The maximum absolute atomic E-state index is 13.0. The van der Waals surface area contributed by atoms with Crippen LogP contribution in [0.5, 0.6) is 5.75 Å². The molecule has 0 unspecified atom stereocenters. The van der Waals surface area contributed by atoms with E-state index in [-0.39, 0.29) is 16.5 Å². The van der Waals surface area contributed by atoms with E-state index in [0.717, 1.165) is 43.8 Å². The highest BCUT2D eigenvalue weighted by molar-refractivity contribution is 7.90. The minimum absolute atomic E-state index is 0.00181. The Labute approximate surface area is 209 Å². The molecule has 1 N–H and O–H groups in total. The maximum atomic E-state index is 13.0. The zero-order valence-electron chi connectivity index (χ0n) is 21.0. The van der Waals surface area contributed by atoms with Crippen molar-refractivity contribution in [3.8, 4) is 5.75 Å². The van der Waals surface area contributed by atoms with Gasteiger partial charge in [-0.05, 0) is 44.0 Å². The normalized spacial score (nSPS) is 11.4. The van der Waals surface area contributed by atoms with Gasteiger partial charge in [0, 0.05) is 25.5 Å². The number of carbonyl (C=O) groups is 1. The highest BCUT2D eigenvalue weighted by Gasteiger charge is 2.26. The zero-order valence-corrected chi connectivity index (χ0v) is 22.5. The number of ether oxygens (including phenoxy) is 1. The van der Waals surface area contributed by atoms with E-state index in [1.807, 2.05) is 32.9 Å². The van der Waals surface area contributed by atoms with Crippen LogP contribution in [0.4, 0.5) is 4.39 Å². The number of sulfone groups is 1. The lowest BCUT2D eigenvalue weighted by Gasteiger charge is -2.23. The van der Waals surface area contributed by atoms with Crippen LogP contribution < -0.4 is 4.74 Å². The molecule has 0 heterocycles. The van der Waals surface area contributed by atoms with E-state index in [0.29, 0.717) is 5.75 Å². The first-order valence-corrected chi connectivity index (χ1v) is 13.5. The molecule has 0 saturated carbocycles. The van der Waals surface area contributed by atoms with E-state index < -0.39 is 21.1 Å². The van der Waals surface area contributed by atoms with Gasteiger partial charge in [-0.25, -0.2) is 8.42 Å². The second-order valence-electron chi connectivity index (χ2n) is 8.62. The van der Waals surface area contributed by atoms with Crippen molar-refractivity contribution in [2.75, 3.05) is 12.9 Å². The van der Waals surface area contributed by atoms with Crippen molar-refractivity contribution in [1.29, 1.82) is 0 Å². The Morgan fingerprint density at radius 3 is 1.85 bits per heavy atom. The van der Waals surface area contributed by atoms with Gasteiger partial charge < -0.3 is 14.6 Å². The first-order chi connectivity index (χ1) is 15.7. The van der Waals surface area contributed by atoms with Gasteiger partial charge in [-0.3, -0.25) is 0 Å². The third-order valence-corrected chi connectivity index (χ3v) is 6.27. The second kappa shape index (κ2) is 15.1. The summed E-state index contributed by atoms with van der Waals surface area (Å²) in [5.41, 5.74) is 0.697. The Balaban J connectivity index is 0.000000481. The SMILES string of the molecule is CCCC(C=O)(CO)CCC.CS(=O)(=O)c1ccccc1Cl.Cc1ccc(OC(C)(C)F)cc1. The highest BCUT2D eigenvalue weighted by atomic mass is 35.5. The number of halogens is 2. The first kappa shape index (κ1) is 32.0. The van der Waals surface area contributed by atoms with Crippen molar-refractivity contribution in [2.45, 2.75) is 71.1 Å². The molecule has 5 nitrogen and oxygen atoms in total. The molecule has 0 aromatic heterocycles. The Kier molecular flexibility index (Phi) is 14.2. The third kappa shape index (κ3) is 13.1. The molecule has 2 aromatic rings. The van der Waals surface area contributed by atoms with Gasteiger partial charge >= 0.3 is 0 Å². The second-order valence-corrected chi connectivity index (χ2v) is 11.0. The van der Waals surface area contributed by atoms with Gasteiger partial charge in [-0.2, -0.15) is 4.39 Å². The summed E-state index contributed by atoms with van der Waals surface area (Å²) < 4.78 is 39.9. The van der Waals surface area contributed by atoms with Crippen molar-refractivity contribution in [3.63, 3.8) is 0 Å². The summed E-state index contributed by atoms with van der Waals surface area (Å²) in [7, 11) is -3.17. The topological polar surface area (TPSA) is 80.7 Å². The van der Waals surface area contributed by atoms with Crippen molar-refractivity contribution in [1.82, 2.24) is 0 Å². The molecule has 0 amide bonds. The minimum atomic E-state index is -3.17. The van der Waals surface area contributed by atoms with Crippen LogP contribution in [0.2, 0.25) is 5.02 Å². The van der Waals surface area contributed by atoms with E-state index in [4.69, 9.17) is 21.4 Å². The zero-order chi connectivity index (χ0) is 26.4. The molecule has 0 radical (unpaired) electrons. The lowest BCUT2D eigenvalue weighted by molar-refractivity contribution is -0.119. The van der Waals surface area contributed by atoms with Crippen molar-refractivity contribution >= 4 is 27.7 Å². The van der Waals surface area contributed by atoms with Gasteiger partial charge in [0.1, 0.15) is 12.0 Å². The number of aryl methyl sites for hydroxylation is 1. The summed E-state index contributed by atoms with van der Waals surface area (Å²) in [5, 5.41) is 9.28. The van der Waals surface area contributed by atoms with Gasteiger partial charge in [0.05, 0.1) is 16.5 Å². The number of carbonyl (C=O) groups excluding carboxylic acids is 1. The number of aldehydes is 1. The monoisotopic (exact) mass is 516 g/mol. The fraction of sp³-hybridized carbons (Fsp3) is 0.500. The predicted octanol–water partition coefficient (Wildman–Crippen LogP) is 6.59. The summed E-state index contributed by atoms with van der Waals surface area (Å²) >= 11 is 5.63. The van der Waals surface area contributed by atoms with Crippen LogP contribution in [0.1, 0.15) is 58.9 Å². The fourth-order valence-electron chi connectivity index (χ4n) is 3.07. The van der Waals surface area contributed by atoms with E-state index in [1.54, 1.807) is 30.3 Å². The van der Waals surface area contributed by atoms with Gasteiger partial charge in [-0.1, -0.05) is 68.1 Å². The minimum Gasteiger partial charge on any atom is -0.459 e. The van der Waals surface area contributed by atoms with Crippen LogP contribution in [0.15, 0.2) is 53.4 Å².